The van der Waals surface area contributed by atoms with Gasteiger partial charge in [-0.05, 0) is 24.6 Å². The Labute approximate surface area is 129 Å². The Balaban J connectivity index is 2.09. The third-order valence-electron chi connectivity index (χ3n) is 2.89. The first-order chi connectivity index (χ1) is 9.87. The molecular weight excluding hydrogens is 308 g/mol. The molecule has 3 N–H and O–H groups in total. The lowest BCUT2D eigenvalue weighted by Crippen LogP contribution is -2.25. The second-order valence-corrected chi connectivity index (χ2v) is 6.86. The number of furan rings is 1. The van der Waals surface area contributed by atoms with E-state index in [4.69, 9.17) is 22.4 Å². The smallest absolute Gasteiger partial charge is 0.216 e. The second-order valence-electron chi connectivity index (χ2n) is 4.61. The second kappa shape index (κ2) is 6.38. The number of hydrogen-bond acceptors (Lipinski definition) is 4. The normalized spacial score (nSPS) is 11.5. The van der Waals surface area contributed by atoms with Crippen LogP contribution in [-0.4, -0.2) is 13.4 Å². The molecule has 0 atom stereocenters. The zero-order valence-corrected chi connectivity index (χ0v) is 13.1. The molecule has 0 aliphatic heterocycles. The average molecular weight is 324 g/mol. The van der Waals surface area contributed by atoms with Crippen LogP contribution in [0.4, 0.5) is 0 Å². The molecule has 0 amide bonds. The fourth-order valence-electron chi connectivity index (χ4n) is 1.90. The summed E-state index contributed by atoms with van der Waals surface area (Å²) in [5.74, 6) is 1.13. The number of thiocarbonyl (C=S) groups is 1. The summed E-state index contributed by atoms with van der Waals surface area (Å²) in [5.41, 5.74) is 6.76. The van der Waals surface area contributed by atoms with Gasteiger partial charge in [-0.3, -0.25) is 0 Å². The summed E-state index contributed by atoms with van der Waals surface area (Å²) in [6, 6.07) is 10.5. The van der Waals surface area contributed by atoms with Gasteiger partial charge in [-0.2, -0.15) is 0 Å². The van der Waals surface area contributed by atoms with Gasteiger partial charge in [-0.1, -0.05) is 36.5 Å². The number of rotatable bonds is 6. The highest BCUT2D eigenvalue weighted by molar-refractivity contribution is 7.88. The zero-order valence-electron chi connectivity index (χ0n) is 11.5. The van der Waals surface area contributed by atoms with Crippen molar-refractivity contribution in [3.05, 3.63) is 59.0 Å². The van der Waals surface area contributed by atoms with Crippen LogP contribution < -0.4 is 10.5 Å². The van der Waals surface area contributed by atoms with Gasteiger partial charge in [0.25, 0.3) is 0 Å². The summed E-state index contributed by atoms with van der Waals surface area (Å²) in [6.45, 7) is 1.92. The van der Waals surface area contributed by atoms with Crippen molar-refractivity contribution in [2.24, 2.45) is 5.73 Å². The fourth-order valence-corrected chi connectivity index (χ4v) is 3.23. The Bertz CT molecular complexity index is 751. The van der Waals surface area contributed by atoms with Crippen molar-refractivity contribution < 1.29 is 12.8 Å². The minimum Gasteiger partial charge on any atom is -0.465 e. The van der Waals surface area contributed by atoms with Gasteiger partial charge in [-0.25, -0.2) is 13.1 Å². The number of nitrogens with two attached hydrogens (primary N) is 1. The topological polar surface area (TPSA) is 85.3 Å². The van der Waals surface area contributed by atoms with Gasteiger partial charge in [0.05, 0.1) is 12.3 Å². The maximum absolute atomic E-state index is 12.1. The summed E-state index contributed by atoms with van der Waals surface area (Å²) in [7, 11) is -3.50. The Morgan fingerprint density at radius 3 is 2.62 bits per heavy atom. The molecule has 0 fully saturated rings. The predicted molar refractivity (Wildman–Crippen MR) is 85.2 cm³/mol. The molecule has 0 unspecified atom stereocenters. The first-order valence-electron chi connectivity index (χ1n) is 6.28. The van der Waals surface area contributed by atoms with E-state index in [1.165, 1.54) is 0 Å². The van der Waals surface area contributed by atoms with Crippen LogP contribution in [0.5, 0.6) is 0 Å². The van der Waals surface area contributed by atoms with E-state index in [1.54, 1.807) is 43.3 Å². The third kappa shape index (κ3) is 4.38. The Kier molecular flexibility index (Phi) is 4.76. The van der Waals surface area contributed by atoms with Crippen LogP contribution in [0.2, 0.25) is 0 Å². The molecule has 0 radical (unpaired) electrons. The molecular formula is C14H16N2O3S2. The first kappa shape index (κ1) is 15.7. The van der Waals surface area contributed by atoms with Crippen LogP contribution in [0.15, 0.2) is 40.8 Å². The van der Waals surface area contributed by atoms with Gasteiger partial charge < -0.3 is 10.2 Å². The average Bonchev–Trinajstić information content (AvgIpc) is 2.82. The van der Waals surface area contributed by atoms with Gasteiger partial charge in [0, 0.05) is 5.56 Å². The van der Waals surface area contributed by atoms with Crippen LogP contribution >= 0.6 is 12.2 Å². The SMILES string of the molecule is Cc1ccc(CNS(=O)(=O)Cc2ccccc2C(N)=S)o1. The molecule has 7 heteroatoms. The zero-order chi connectivity index (χ0) is 15.5. The standard InChI is InChI=1S/C14H16N2O3S2/c1-10-6-7-12(19-10)8-16-21(17,18)9-11-4-2-3-5-13(11)14(15)20/h2-7,16H,8-9H2,1H3,(H2,15,20). The van der Waals surface area contributed by atoms with E-state index in [2.05, 4.69) is 4.72 Å². The molecule has 0 spiro atoms. The molecule has 0 bridgehead atoms. The molecule has 1 heterocycles. The quantitative estimate of drug-likeness (QED) is 0.792. The molecule has 0 aliphatic carbocycles. The number of hydrogen-bond donors (Lipinski definition) is 2. The Hall–Kier alpha value is -1.70. The van der Waals surface area contributed by atoms with Crippen molar-refractivity contribution in [3.8, 4) is 0 Å². The van der Waals surface area contributed by atoms with Crippen LogP contribution in [0.25, 0.3) is 0 Å². The minimum atomic E-state index is -3.50. The monoisotopic (exact) mass is 324 g/mol. The largest absolute Gasteiger partial charge is 0.465 e. The van der Waals surface area contributed by atoms with Crippen molar-refractivity contribution in [2.45, 2.75) is 19.2 Å². The first-order valence-corrected chi connectivity index (χ1v) is 8.34. The molecule has 2 aromatic rings. The van der Waals surface area contributed by atoms with Crippen LogP contribution in [0, 0.1) is 6.92 Å². The van der Waals surface area contributed by atoms with Crippen molar-refractivity contribution >= 4 is 27.2 Å². The van der Waals surface area contributed by atoms with E-state index in [9.17, 15) is 8.42 Å². The number of sulfonamides is 1. The van der Waals surface area contributed by atoms with Gasteiger partial charge in [-0.15, -0.1) is 0 Å². The molecule has 21 heavy (non-hydrogen) atoms. The van der Waals surface area contributed by atoms with E-state index in [1.807, 2.05) is 0 Å². The van der Waals surface area contributed by atoms with Gasteiger partial charge in [0.1, 0.15) is 16.5 Å². The van der Waals surface area contributed by atoms with Crippen molar-refractivity contribution in [1.29, 1.82) is 0 Å². The molecule has 5 nitrogen and oxygen atoms in total. The van der Waals surface area contributed by atoms with E-state index in [-0.39, 0.29) is 17.3 Å². The minimum absolute atomic E-state index is 0.116. The summed E-state index contributed by atoms with van der Waals surface area (Å²) >= 11 is 4.93. The fraction of sp³-hybridized carbons (Fsp3) is 0.214. The van der Waals surface area contributed by atoms with E-state index < -0.39 is 10.0 Å². The lowest BCUT2D eigenvalue weighted by atomic mass is 10.1. The van der Waals surface area contributed by atoms with Gasteiger partial charge >= 0.3 is 0 Å². The number of nitrogens with one attached hydrogen (secondary N) is 1. The van der Waals surface area contributed by atoms with Crippen LogP contribution in [-0.2, 0) is 22.3 Å². The van der Waals surface area contributed by atoms with Crippen LogP contribution in [0.3, 0.4) is 0 Å². The lowest BCUT2D eigenvalue weighted by Gasteiger charge is -2.09. The van der Waals surface area contributed by atoms with E-state index in [0.717, 1.165) is 5.76 Å². The predicted octanol–water partition coefficient (Wildman–Crippen LogP) is 1.84. The lowest BCUT2D eigenvalue weighted by molar-refractivity contribution is 0.475. The Morgan fingerprint density at radius 2 is 2.00 bits per heavy atom. The maximum Gasteiger partial charge on any atom is 0.216 e. The third-order valence-corrected chi connectivity index (χ3v) is 4.39. The van der Waals surface area contributed by atoms with E-state index >= 15 is 0 Å². The molecule has 0 aliphatic rings. The highest BCUT2D eigenvalue weighted by atomic mass is 32.2. The Morgan fingerprint density at radius 1 is 1.29 bits per heavy atom. The maximum atomic E-state index is 12.1. The van der Waals surface area contributed by atoms with Crippen LogP contribution in [0.1, 0.15) is 22.6 Å². The molecule has 1 aromatic heterocycles. The van der Waals surface area contributed by atoms with Gasteiger partial charge in [0.15, 0.2) is 0 Å². The van der Waals surface area contributed by atoms with Crippen molar-refractivity contribution in [2.75, 3.05) is 0 Å². The van der Waals surface area contributed by atoms with Crippen molar-refractivity contribution in [1.82, 2.24) is 4.72 Å². The van der Waals surface area contributed by atoms with Crippen molar-refractivity contribution in [3.63, 3.8) is 0 Å². The molecule has 0 saturated heterocycles. The highest BCUT2D eigenvalue weighted by Gasteiger charge is 2.15. The highest BCUT2D eigenvalue weighted by Crippen LogP contribution is 2.13. The number of benzene rings is 1. The summed E-state index contributed by atoms with van der Waals surface area (Å²) in [4.78, 5) is 0.183. The molecule has 1 aromatic carbocycles. The molecule has 0 saturated carbocycles. The summed E-state index contributed by atoms with van der Waals surface area (Å²) < 4.78 is 32.1. The summed E-state index contributed by atoms with van der Waals surface area (Å²) in [5, 5.41) is 0. The van der Waals surface area contributed by atoms with Gasteiger partial charge in [0.2, 0.25) is 10.0 Å². The number of aryl methyl sites for hydroxylation is 1. The summed E-state index contributed by atoms with van der Waals surface area (Å²) in [6.07, 6.45) is 0. The van der Waals surface area contributed by atoms with E-state index in [0.29, 0.717) is 16.9 Å². The molecule has 112 valence electrons. The molecule has 2 rings (SSSR count).